The van der Waals surface area contributed by atoms with E-state index in [1.165, 1.54) is 49.2 Å². The van der Waals surface area contributed by atoms with Crippen LogP contribution in [0.15, 0.2) is 39.4 Å². The van der Waals surface area contributed by atoms with E-state index in [1.54, 1.807) is 0 Å². The summed E-state index contributed by atoms with van der Waals surface area (Å²) in [6, 6.07) is 8.38. The van der Waals surface area contributed by atoms with Gasteiger partial charge in [0.05, 0.1) is 5.71 Å². The minimum absolute atomic E-state index is 0.0227. The molecule has 0 aliphatic rings. The van der Waals surface area contributed by atoms with E-state index in [-0.39, 0.29) is 5.96 Å². The number of nitrogens with zero attached hydrogens (tertiary/aromatic N) is 2. The average Bonchev–Trinajstić information content (AvgIpc) is 2.52. The van der Waals surface area contributed by atoms with Crippen molar-refractivity contribution in [2.24, 2.45) is 21.7 Å². The molecule has 0 spiro atoms. The molecule has 0 fully saturated rings. The highest BCUT2D eigenvalue weighted by atomic mass is 32.2. The molecule has 0 atom stereocenters. The molecular weight excluding hydrogens is 292 g/mol. The van der Waals surface area contributed by atoms with E-state index < -0.39 is 0 Å². The Morgan fingerprint density at radius 2 is 1.59 bits per heavy atom. The molecule has 1 aromatic carbocycles. The maximum atomic E-state index is 5.27. The number of hydrogen-bond donors (Lipinski definition) is 2. The van der Waals surface area contributed by atoms with Crippen LogP contribution in [-0.2, 0) is 0 Å². The first-order valence-electron chi connectivity index (χ1n) is 8.00. The third-order valence-electron chi connectivity index (χ3n) is 3.35. The Morgan fingerprint density at radius 1 is 0.955 bits per heavy atom. The molecule has 1 rings (SSSR count). The zero-order chi connectivity index (χ0) is 16.2. The molecule has 0 heterocycles. The van der Waals surface area contributed by atoms with Crippen molar-refractivity contribution in [3.05, 3.63) is 29.8 Å². The quantitative estimate of drug-likeness (QED) is 0.224. The fourth-order valence-corrected chi connectivity index (χ4v) is 2.97. The Bertz CT molecular complexity index is 476. The lowest BCUT2D eigenvalue weighted by Gasteiger charge is -2.04. The van der Waals surface area contributed by atoms with Gasteiger partial charge in [-0.05, 0) is 36.8 Å². The van der Waals surface area contributed by atoms with Gasteiger partial charge in [-0.15, -0.1) is 16.9 Å². The number of benzene rings is 1. The predicted molar refractivity (Wildman–Crippen MR) is 98.6 cm³/mol. The Hall–Kier alpha value is -1.49. The molecule has 22 heavy (non-hydrogen) atoms. The van der Waals surface area contributed by atoms with Crippen molar-refractivity contribution in [2.75, 3.05) is 5.75 Å². The van der Waals surface area contributed by atoms with Gasteiger partial charge in [0.25, 0.3) is 0 Å². The standard InChI is InChI=1S/C17H28N4S/c1-3-4-5-6-7-8-13-22-16-11-9-15(10-12-16)14(2)20-21-17(18)19/h9-12H,3-8,13H2,1-2H3,(H4,18,19,21). The van der Waals surface area contributed by atoms with Crippen molar-refractivity contribution < 1.29 is 0 Å². The molecule has 0 aliphatic heterocycles. The van der Waals surface area contributed by atoms with E-state index in [2.05, 4.69) is 41.4 Å². The van der Waals surface area contributed by atoms with Gasteiger partial charge in [-0.25, -0.2) is 0 Å². The Kier molecular flexibility index (Phi) is 9.39. The van der Waals surface area contributed by atoms with Crippen molar-refractivity contribution in [3.63, 3.8) is 0 Å². The van der Waals surface area contributed by atoms with Gasteiger partial charge in [0, 0.05) is 4.90 Å². The number of hydrogen-bond acceptors (Lipinski definition) is 3. The molecule has 0 bridgehead atoms. The van der Waals surface area contributed by atoms with Gasteiger partial charge in [0.1, 0.15) is 0 Å². The fourth-order valence-electron chi connectivity index (χ4n) is 2.06. The average molecular weight is 321 g/mol. The Morgan fingerprint density at radius 3 is 2.23 bits per heavy atom. The van der Waals surface area contributed by atoms with Crippen molar-refractivity contribution in [3.8, 4) is 0 Å². The van der Waals surface area contributed by atoms with Crippen LogP contribution in [-0.4, -0.2) is 17.4 Å². The number of rotatable bonds is 10. The lowest BCUT2D eigenvalue weighted by atomic mass is 10.1. The van der Waals surface area contributed by atoms with E-state index in [1.807, 2.05) is 18.7 Å². The maximum Gasteiger partial charge on any atom is 0.211 e. The lowest BCUT2D eigenvalue weighted by molar-refractivity contribution is 0.627. The van der Waals surface area contributed by atoms with E-state index in [9.17, 15) is 0 Å². The molecule has 0 aliphatic carbocycles. The van der Waals surface area contributed by atoms with E-state index in [4.69, 9.17) is 11.5 Å². The first-order chi connectivity index (χ1) is 10.6. The van der Waals surface area contributed by atoms with Crippen molar-refractivity contribution in [2.45, 2.75) is 57.3 Å². The van der Waals surface area contributed by atoms with Crippen LogP contribution in [0.3, 0.4) is 0 Å². The predicted octanol–water partition coefficient (Wildman–Crippen LogP) is 4.14. The van der Waals surface area contributed by atoms with Gasteiger partial charge >= 0.3 is 0 Å². The summed E-state index contributed by atoms with van der Waals surface area (Å²) in [6.45, 7) is 4.15. The van der Waals surface area contributed by atoms with Crippen LogP contribution in [0.25, 0.3) is 0 Å². The Balaban J connectivity index is 2.33. The third kappa shape index (κ3) is 8.08. The highest BCUT2D eigenvalue weighted by Crippen LogP contribution is 2.20. The minimum atomic E-state index is -0.0227. The molecule has 0 unspecified atom stereocenters. The summed E-state index contributed by atoms with van der Waals surface area (Å²) in [5, 5.41) is 7.65. The van der Waals surface area contributed by atoms with Gasteiger partial charge in [-0.2, -0.15) is 5.10 Å². The molecule has 1 aromatic rings. The zero-order valence-corrected chi connectivity index (χ0v) is 14.5. The first-order valence-corrected chi connectivity index (χ1v) is 8.98. The molecule has 0 saturated carbocycles. The highest BCUT2D eigenvalue weighted by molar-refractivity contribution is 7.99. The summed E-state index contributed by atoms with van der Waals surface area (Å²) in [7, 11) is 0. The second kappa shape index (κ2) is 11.1. The normalized spacial score (nSPS) is 11.5. The zero-order valence-electron chi connectivity index (χ0n) is 13.7. The summed E-state index contributed by atoms with van der Waals surface area (Å²) in [6.07, 6.45) is 8.07. The maximum absolute atomic E-state index is 5.27. The molecular formula is C17H28N4S. The third-order valence-corrected chi connectivity index (χ3v) is 4.45. The second-order valence-corrected chi connectivity index (χ2v) is 6.52. The number of unbranched alkanes of at least 4 members (excludes halogenated alkanes) is 5. The van der Waals surface area contributed by atoms with Crippen LogP contribution in [0.5, 0.6) is 0 Å². The summed E-state index contributed by atoms with van der Waals surface area (Å²) in [5.41, 5.74) is 12.4. The minimum Gasteiger partial charge on any atom is -0.369 e. The van der Waals surface area contributed by atoms with E-state index in [0.29, 0.717) is 0 Å². The Labute approximate surface area is 138 Å². The van der Waals surface area contributed by atoms with Crippen LogP contribution >= 0.6 is 11.8 Å². The van der Waals surface area contributed by atoms with Crippen LogP contribution < -0.4 is 11.5 Å². The van der Waals surface area contributed by atoms with E-state index in [0.717, 1.165) is 11.3 Å². The molecule has 0 saturated heterocycles. The summed E-state index contributed by atoms with van der Waals surface area (Å²) in [5.74, 6) is 1.16. The first kappa shape index (κ1) is 18.6. The molecule has 4 nitrogen and oxygen atoms in total. The number of thioether (sulfide) groups is 1. The summed E-state index contributed by atoms with van der Waals surface area (Å²) < 4.78 is 0. The van der Waals surface area contributed by atoms with Crippen LogP contribution in [0.1, 0.15) is 57.9 Å². The van der Waals surface area contributed by atoms with Crippen molar-refractivity contribution >= 4 is 23.4 Å². The molecule has 5 heteroatoms. The highest BCUT2D eigenvalue weighted by Gasteiger charge is 1.99. The van der Waals surface area contributed by atoms with Gasteiger partial charge in [0.2, 0.25) is 5.96 Å². The van der Waals surface area contributed by atoms with Gasteiger partial charge in [0.15, 0.2) is 0 Å². The topological polar surface area (TPSA) is 76.8 Å². The fraction of sp³-hybridized carbons (Fsp3) is 0.529. The summed E-state index contributed by atoms with van der Waals surface area (Å²) >= 11 is 1.92. The smallest absolute Gasteiger partial charge is 0.211 e. The van der Waals surface area contributed by atoms with Gasteiger partial charge in [-0.1, -0.05) is 51.2 Å². The van der Waals surface area contributed by atoms with Crippen LogP contribution in [0, 0.1) is 0 Å². The molecule has 0 radical (unpaired) electrons. The van der Waals surface area contributed by atoms with Crippen LogP contribution in [0.4, 0.5) is 0 Å². The number of guanidine groups is 1. The van der Waals surface area contributed by atoms with Gasteiger partial charge in [-0.3, -0.25) is 0 Å². The lowest BCUT2D eigenvalue weighted by Crippen LogP contribution is -2.22. The van der Waals surface area contributed by atoms with E-state index >= 15 is 0 Å². The number of nitrogens with two attached hydrogens (primary N) is 2. The summed E-state index contributed by atoms with van der Waals surface area (Å²) in [4.78, 5) is 1.30. The molecule has 0 amide bonds. The van der Waals surface area contributed by atoms with Gasteiger partial charge < -0.3 is 11.5 Å². The van der Waals surface area contributed by atoms with Crippen molar-refractivity contribution in [1.29, 1.82) is 0 Å². The largest absolute Gasteiger partial charge is 0.369 e. The molecule has 122 valence electrons. The molecule has 0 aromatic heterocycles. The second-order valence-electron chi connectivity index (χ2n) is 5.35. The van der Waals surface area contributed by atoms with Crippen LogP contribution in [0.2, 0.25) is 0 Å². The van der Waals surface area contributed by atoms with Crippen molar-refractivity contribution in [1.82, 2.24) is 0 Å². The molecule has 4 N–H and O–H groups in total. The SMILES string of the molecule is CCCCCCCCSc1ccc(C(C)=NN=C(N)N)cc1. The monoisotopic (exact) mass is 320 g/mol.